The smallest absolute Gasteiger partial charge is 0.271 e. The average Bonchev–Trinajstić information content (AvgIpc) is 3.02. The van der Waals surface area contributed by atoms with Crippen LogP contribution in [0.4, 0.5) is 0 Å². The summed E-state index contributed by atoms with van der Waals surface area (Å²) in [5.41, 5.74) is 1.42. The molecule has 7 heteroatoms. The Bertz CT molecular complexity index is 1100. The van der Waals surface area contributed by atoms with Gasteiger partial charge in [0.2, 0.25) is 0 Å². The molecule has 3 rings (SSSR count). The number of thiazole rings is 1. The first kappa shape index (κ1) is 20.8. The number of nitrogens with zero attached hydrogens (tertiary/aromatic N) is 2. The van der Waals surface area contributed by atoms with Crippen molar-refractivity contribution in [1.82, 2.24) is 9.88 Å². The van der Waals surface area contributed by atoms with E-state index in [2.05, 4.69) is 10.3 Å². The first-order valence-electron chi connectivity index (χ1n) is 9.58. The fourth-order valence-corrected chi connectivity index (χ4v) is 4.04. The topological polar surface area (TPSA) is 72.7 Å². The van der Waals surface area contributed by atoms with Gasteiger partial charge in [0.05, 0.1) is 22.4 Å². The number of carbonyl (C=O) groups is 2. The second kappa shape index (κ2) is 9.05. The van der Waals surface area contributed by atoms with E-state index < -0.39 is 6.04 Å². The number of fused-ring (bicyclic) bond motifs is 1. The van der Waals surface area contributed by atoms with Gasteiger partial charge in [0.1, 0.15) is 11.8 Å². The Kier molecular flexibility index (Phi) is 6.49. The molecule has 0 saturated carbocycles. The molecule has 2 aromatic carbocycles. The van der Waals surface area contributed by atoms with Crippen molar-refractivity contribution in [3.05, 3.63) is 58.9 Å². The molecule has 0 aliphatic heterocycles. The van der Waals surface area contributed by atoms with Crippen LogP contribution in [0.1, 0.15) is 31.1 Å². The Labute approximate surface area is 173 Å². The minimum absolute atomic E-state index is 0.117. The lowest BCUT2D eigenvalue weighted by Gasteiger charge is -2.19. The van der Waals surface area contributed by atoms with Crippen LogP contribution in [0, 0.1) is 5.92 Å². The minimum Gasteiger partial charge on any atom is -0.493 e. The molecule has 3 aromatic rings. The molecule has 0 aliphatic carbocycles. The van der Waals surface area contributed by atoms with Crippen molar-refractivity contribution in [2.45, 2.75) is 26.8 Å². The monoisotopic (exact) mass is 411 g/mol. The highest BCUT2D eigenvalue weighted by Gasteiger charge is 2.26. The maximum Gasteiger partial charge on any atom is 0.271 e. The van der Waals surface area contributed by atoms with Crippen LogP contribution in [0.2, 0.25) is 0 Å². The van der Waals surface area contributed by atoms with Crippen molar-refractivity contribution in [3.63, 3.8) is 0 Å². The van der Waals surface area contributed by atoms with E-state index in [-0.39, 0.29) is 17.7 Å². The second-order valence-corrected chi connectivity index (χ2v) is 7.99. The van der Waals surface area contributed by atoms with Crippen molar-refractivity contribution in [1.29, 1.82) is 0 Å². The van der Waals surface area contributed by atoms with E-state index in [0.29, 0.717) is 22.7 Å². The number of hydrogen-bond donors (Lipinski definition) is 1. The van der Waals surface area contributed by atoms with Crippen molar-refractivity contribution in [3.8, 4) is 5.75 Å². The van der Waals surface area contributed by atoms with Gasteiger partial charge in [0.25, 0.3) is 11.8 Å². The predicted molar refractivity (Wildman–Crippen MR) is 115 cm³/mol. The van der Waals surface area contributed by atoms with Crippen LogP contribution in [0.3, 0.4) is 0 Å². The number of amides is 2. The molecule has 152 valence electrons. The Balaban J connectivity index is 1.89. The quantitative estimate of drug-likeness (QED) is 0.675. The molecule has 0 spiro atoms. The maximum absolute atomic E-state index is 12.9. The summed E-state index contributed by atoms with van der Waals surface area (Å²) in [5, 5.41) is 2.84. The highest BCUT2D eigenvalue weighted by atomic mass is 32.1. The van der Waals surface area contributed by atoms with E-state index in [4.69, 9.17) is 4.74 Å². The second-order valence-electron chi connectivity index (χ2n) is 6.99. The molecular weight excluding hydrogens is 386 g/mol. The molecule has 0 bridgehead atoms. The van der Waals surface area contributed by atoms with Gasteiger partial charge in [-0.3, -0.25) is 9.59 Å². The third-order valence-electron chi connectivity index (χ3n) is 4.57. The summed E-state index contributed by atoms with van der Waals surface area (Å²) in [5.74, 6) is -0.342. The number of nitrogens with one attached hydrogen (secondary N) is 1. The zero-order valence-corrected chi connectivity index (χ0v) is 17.8. The van der Waals surface area contributed by atoms with Gasteiger partial charge in [-0.05, 0) is 37.1 Å². The largest absolute Gasteiger partial charge is 0.493 e. The maximum atomic E-state index is 12.9. The Morgan fingerprint density at radius 1 is 1.14 bits per heavy atom. The van der Waals surface area contributed by atoms with Crippen LogP contribution in [-0.2, 0) is 11.8 Å². The van der Waals surface area contributed by atoms with Crippen LogP contribution < -0.4 is 14.9 Å². The number of carbonyl (C=O) groups excluding carboxylic acids is 2. The summed E-state index contributed by atoms with van der Waals surface area (Å²) in [6.45, 7) is 6.09. The summed E-state index contributed by atoms with van der Waals surface area (Å²) >= 11 is 1.45. The van der Waals surface area contributed by atoms with Crippen molar-refractivity contribution >= 4 is 33.4 Å². The van der Waals surface area contributed by atoms with Gasteiger partial charge in [-0.15, -0.1) is 0 Å². The van der Waals surface area contributed by atoms with E-state index >= 15 is 0 Å². The third kappa shape index (κ3) is 4.56. The number of ether oxygens (including phenoxy) is 1. The van der Waals surface area contributed by atoms with Crippen molar-refractivity contribution < 1.29 is 14.3 Å². The van der Waals surface area contributed by atoms with Gasteiger partial charge in [-0.2, -0.15) is 4.99 Å². The summed E-state index contributed by atoms with van der Waals surface area (Å²) in [7, 11) is 1.88. The molecule has 6 nitrogen and oxygen atoms in total. The van der Waals surface area contributed by atoms with Crippen LogP contribution in [0.25, 0.3) is 10.2 Å². The lowest BCUT2D eigenvalue weighted by molar-refractivity contribution is -0.120. The number of aromatic nitrogens is 1. The summed E-state index contributed by atoms with van der Waals surface area (Å²) < 4.78 is 8.48. The fraction of sp³-hybridized carbons (Fsp3) is 0.318. The molecule has 0 aliphatic rings. The van der Waals surface area contributed by atoms with Crippen LogP contribution in [-0.4, -0.2) is 29.0 Å². The molecule has 0 unspecified atom stereocenters. The summed E-state index contributed by atoms with van der Waals surface area (Å²) in [6.07, 6.45) is 0. The Morgan fingerprint density at radius 2 is 1.83 bits per heavy atom. The lowest BCUT2D eigenvalue weighted by Crippen LogP contribution is -2.44. The first-order valence-corrected chi connectivity index (χ1v) is 10.4. The number of aryl methyl sites for hydroxylation is 1. The predicted octanol–water partition coefficient (Wildman–Crippen LogP) is 3.52. The van der Waals surface area contributed by atoms with Gasteiger partial charge >= 0.3 is 0 Å². The van der Waals surface area contributed by atoms with Crippen molar-refractivity contribution in [2.24, 2.45) is 18.0 Å². The molecule has 0 saturated heterocycles. The summed E-state index contributed by atoms with van der Waals surface area (Å²) in [6, 6.07) is 14.2. The first-order chi connectivity index (χ1) is 13.9. The zero-order valence-electron chi connectivity index (χ0n) is 17.0. The van der Waals surface area contributed by atoms with Crippen LogP contribution >= 0.6 is 11.3 Å². The molecule has 29 heavy (non-hydrogen) atoms. The highest BCUT2D eigenvalue weighted by Crippen LogP contribution is 2.19. The van der Waals surface area contributed by atoms with E-state index in [1.54, 1.807) is 18.2 Å². The van der Waals surface area contributed by atoms with E-state index in [0.717, 1.165) is 10.2 Å². The Hall–Kier alpha value is -2.93. The number of rotatable bonds is 6. The number of para-hydroxylation sites is 2. The van der Waals surface area contributed by atoms with Gasteiger partial charge in [0, 0.05) is 7.05 Å². The number of benzene rings is 2. The molecule has 2 amide bonds. The normalized spacial score (nSPS) is 12.9. The summed E-state index contributed by atoms with van der Waals surface area (Å²) in [4.78, 5) is 30.7. The lowest BCUT2D eigenvalue weighted by atomic mass is 10.0. The Morgan fingerprint density at radius 3 is 2.52 bits per heavy atom. The molecule has 0 radical (unpaired) electrons. The van der Waals surface area contributed by atoms with E-state index in [9.17, 15) is 9.59 Å². The standard InChI is InChI=1S/C22H25N3O3S/c1-5-28-17-12-8-6-10-15(17)20(26)23-19(14(2)3)21(27)24-22-25(4)16-11-7-9-13-18(16)29-22/h6-14,19H,5H2,1-4H3,(H,23,26)/t19-/m0/s1. The van der Waals surface area contributed by atoms with Crippen molar-refractivity contribution in [2.75, 3.05) is 6.61 Å². The van der Waals surface area contributed by atoms with Crippen LogP contribution in [0.5, 0.6) is 5.75 Å². The van der Waals surface area contributed by atoms with Crippen LogP contribution in [0.15, 0.2) is 53.5 Å². The molecule has 0 fully saturated rings. The zero-order chi connectivity index (χ0) is 21.0. The number of hydrogen-bond acceptors (Lipinski definition) is 4. The molecule has 1 heterocycles. The van der Waals surface area contributed by atoms with Gasteiger partial charge in [-0.25, -0.2) is 0 Å². The SMILES string of the molecule is CCOc1ccccc1C(=O)N[C@H](C(=O)N=c1sc2ccccc2n1C)C(C)C. The average molecular weight is 412 g/mol. The minimum atomic E-state index is -0.734. The fourth-order valence-electron chi connectivity index (χ4n) is 3.02. The molecule has 1 atom stereocenters. The van der Waals surface area contributed by atoms with Gasteiger partial charge < -0.3 is 14.6 Å². The highest BCUT2D eigenvalue weighted by molar-refractivity contribution is 7.16. The van der Waals surface area contributed by atoms with Gasteiger partial charge in [0.15, 0.2) is 4.80 Å². The molecule has 1 N–H and O–H groups in total. The molecule has 1 aromatic heterocycles. The van der Waals surface area contributed by atoms with E-state index in [1.165, 1.54) is 11.3 Å². The van der Waals surface area contributed by atoms with Gasteiger partial charge in [-0.1, -0.05) is 49.4 Å². The van der Waals surface area contributed by atoms with E-state index in [1.807, 2.05) is 62.7 Å². The molecular formula is C22H25N3O3S. The third-order valence-corrected chi connectivity index (χ3v) is 5.68.